The van der Waals surface area contributed by atoms with Crippen molar-refractivity contribution in [3.8, 4) is 0 Å². The normalized spacial score (nSPS) is 11.0. The third kappa shape index (κ3) is 9.59. The molecule has 0 aromatic rings. The maximum absolute atomic E-state index is 12.3. The van der Waals surface area contributed by atoms with E-state index in [9.17, 15) is 9.59 Å². The van der Waals surface area contributed by atoms with Gasteiger partial charge < -0.3 is 28.2 Å². The Morgan fingerprint density at radius 2 is 1.72 bits per heavy atom. The molecule has 25 heavy (non-hydrogen) atoms. The predicted molar refractivity (Wildman–Crippen MR) is 97.2 cm³/mol. The molecule has 146 valence electrons. The SMILES string of the molecule is C=CC(=O)OCCNC(=O)N(CCCC)CCC[Si](OC)(OC)OC. The average Bonchev–Trinajstić information content (AvgIpc) is 2.64. The highest BCUT2D eigenvalue weighted by atomic mass is 28.4. The predicted octanol–water partition coefficient (Wildman–Crippen LogP) is 1.80. The van der Waals surface area contributed by atoms with E-state index < -0.39 is 14.8 Å². The van der Waals surface area contributed by atoms with Gasteiger partial charge in [-0.1, -0.05) is 19.9 Å². The van der Waals surface area contributed by atoms with E-state index in [1.807, 2.05) is 0 Å². The van der Waals surface area contributed by atoms with Gasteiger partial charge in [0.1, 0.15) is 6.61 Å². The fourth-order valence-electron chi connectivity index (χ4n) is 2.19. The number of carbonyl (C=O) groups excluding carboxylic acids is 2. The number of hydrogen-bond acceptors (Lipinski definition) is 6. The molecule has 0 atom stereocenters. The lowest BCUT2D eigenvalue weighted by atomic mass is 10.3. The molecule has 0 aliphatic rings. The first-order chi connectivity index (χ1) is 12.0. The molecular weight excluding hydrogens is 344 g/mol. The van der Waals surface area contributed by atoms with Gasteiger partial charge >= 0.3 is 20.8 Å². The lowest BCUT2D eigenvalue weighted by Crippen LogP contribution is -2.45. The Morgan fingerprint density at radius 3 is 2.24 bits per heavy atom. The number of carbonyl (C=O) groups is 2. The van der Waals surface area contributed by atoms with E-state index in [0.717, 1.165) is 18.9 Å². The van der Waals surface area contributed by atoms with Gasteiger partial charge in [0, 0.05) is 46.5 Å². The summed E-state index contributed by atoms with van der Waals surface area (Å²) in [7, 11) is 2.10. The number of unbranched alkanes of at least 4 members (excludes halogenated alkanes) is 1. The average molecular weight is 377 g/mol. The maximum atomic E-state index is 12.3. The minimum absolute atomic E-state index is 0.116. The van der Waals surface area contributed by atoms with Gasteiger partial charge in [0.15, 0.2) is 0 Å². The molecule has 0 rings (SSSR count). The molecule has 9 heteroatoms. The van der Waals surface area contributed by atoms with Crippen molar-refractivity contribution in [3.05, 3.63) is 12.7 Å². The number of nitrogens with one attached hydrogen (secondary N) is 1. The van der Waals surface area contributed by atoms with Crippen LogP contribution in [0.3, 0.4) is 0 Å². The fourth-order valence-corrected chi connectivity index (χ4v) is 3.89. The molecular formula is C16H32N2O6Si. The second kappa shape index (κ2) is 13.8. The molecule has 0 aliphatic heterocycles. The highest BCUT2D eigenvalue weighted by molar-refractivity contribution is 6.60. The number of urea groups is 1. The first-order valence-electron chi connectivity index (χ1n) is 8.46. The summed E-state index contributed by atoms with van der Waals surface area (Å²) in [5.74, 6) is -0.503. The molecule has 1 N–H and O–H groups in total. The summed E-state index contributed by atoms with van der Waals surface area (Å²) < 4.78 is 21.0. The molecule has 0 bridgehead atoms. The van der Waals surface area contributed by atoms with Crippen LogP contribution in [0.1, 0.15) is 26.2 Å². The first kappa shape index (κ1) is 23.6. The molecule has 0 heterocycles. The molecule has 0 fully saturated rings. The zero-order chi connectivity index (χ0) is 19.1. The monoisotopic (exact) mass is 376 g/mol. The lowest BCUT2D eigenvalue weighted by molar-refractivity contribution is -0.137. The zero-order valence-corrected chi connectivity index (χ0v) is 16.8. The zero-order valence-electron chi connectivity index (χ0n) is 15.8. The summed E-state index contributed by atoms with van der Waals surface area (Å²) >= 11 is 0. The number of hydrogen-bond donors (Lipinski definition) is 1. The van der Waals surface area contributed by atoms with Crippen LogP contribution in [0.5, 0.6) is 0 Å². The number of rotatable bonds is 14. The van der Waals surface area contributed by atoms with Gasteiger partial charge in [-0.25, -0.2) is 9.59 Å². The quantitative estimate of drug-likeness (QED) is 0.215. The van der Waals surface area contributed by atoms with E-state index in [-0.39, 0.29) is 19.2 Å². The summed E-state index contributed by atoms with van der Waals surface area (Å²) in [6, 6.07) is 0.450. The van der Waals surface area contributed by atoms with Crippen molar-refractivity contribution in [1.82, 2.24) is 10.2 Å². The number of nitrogens with zero attached hydrogens (tertiary/aromatic N) is 1. The third-order valence-electron chi connectivity index (χ3n) is 3.70. The largest absolute Gasteiger partial charge is 0.500 e. The van der Waals surface area contributed by atoms with Crippen LogP contribution < -0.4 is 5.32 Å². The van der Waals surface area contributed by atoms with Gasteiger partial charge in [0.25, 0.3) is 0 Å². The van der Waals surface area contributed by atoms with Crippen molar-refractivity contribution in [1.29, 1.82) is 0 Å². The fraction of sp³-hybridized carbons (Fsp3) is 0.750. The van der Waals surface area contributed by atoms with Crippen LogP contribution >= 0.6 is 0 Å². The van der Waals surface area contributed by atoms with E-state index in [1.54, 1.807) is 26.2 Å². The molecule has 0 aromatic carbocycles. The van der Waals surface area contributed by atoms with E-state index in [1.165, 1.54) is 0 Å². The van der Waals surface area contributed by atoms with Gasteiger partial charge in [-0.3, -0.25) is 0 Å². The molecule has 0 aromatic heterocycles. The van der Waals surface area contributed by atoms with Crippen molar-refractivity contribution in [2.45, 2.75) is 32.2 Å². The summed E-state index contributed by atoms with van der Waals surface area (Å²) in [4.78, 5) is 25.0. The summed E-state index contributed by atoms with van der Waals surface area (Å²) in [5.41, 5.74) is 0. The van der Waals surface area contributed by atoms with Crippen molar-refractivity contribution < 1.29 is 27.6 Å². The van der Waals surface area contributed by atoms with Gasteiger partial charge in [-0.2, -0.15) is 0 Å². The molecule has 8 nitrogen and oxygen atoms in total. The Labute approximate surface area is 151 Å². The lowest BCUT2D eigenvalue weighted by Gasteiger charge is -2.27. The van der Waals surface area contributed by atoms with Crippen molar-refractivity contribution >= 4 is 20.8 Å². The van der Waals surface area contributed by atoms with E-state index >= 15 is 0 Å². The molecule has 0 saturated carbocycles. The van der Waals surface area contributed by atoms with E-state index in [4.69, 9.17) is 18.0 Å². The second-order valence-corrected chi connectivity index (χ2v) is 8.43. The van der Waals surface area contributed by atoms with Crippen LogP contribution in [0, 0.1) is 0 Å². The standard InChI is InChI=1S/C16H32N2O6Si/c1-6-8-11-18(12-9-14-25(21-3,22-4)23-5)16(20)17-10-13-24-15(19)7-2/h7H,2,6,8-14H2,1,3-5H3,(H,17,20). The van der Waals surface area contributed by atoms with Crippen LogP contribution in [0.4, 0.5) is 4.79 Å². The smallest absolute Gasteiger partial charge is 0.461 e. The molecule has 0 saturated heterocycles. The Hall–Kier alpha value is -1.42. The van der Waals surface area contributed by atoms with Crippen molar-refractivity contribution in [2.24, 2.45) is 0 Å². The minimum Gasteiger partial charge on any atom is -0.461 e. The highest BCUT2D eigenvalue weighted by Gasteiger charge is 2.37. The number of amides is 2. The molecule has 0 unspecified atom stereocenters. The number of esters is 1. The molecule has 0 spiro atoms. The van der Waals surface area contributed by atoms with E-state index in [0.29, 0.717) is 25.6 Å². The van der Waals surface area contributed by atoms with Crippen LogP contribution in [-0.2, 0) is 22.8 Å². The molecule has 0 aliphatic carbocycles. The topological polar surface area (TPSA) is 86.3 Å². The maximum Gasteiger partial charge on any atom is 0.500 e. The number of ether oxygens (including phenoxy) is 1. The van der Waals surface area contributed by atoms with Crippen LogP contribution in [0.15, 0.2) is 12.7 Å². The van der Waals surface area contributed by atoms with Crippen molar-refractivity contribution in [2.75, 3.05) is 47.6 Å². The van der Waals surface area contributed by atoms with Gasteiger partial charge in [0.05, 0.1) is 6.54 Å². The summed E-state index contributed by atoms with van der Waals surface area (Å²) in [5, 5.41) is 2.75. The van der Waals surface area contributed by atoms with Gasteiger partial charge in [-0.05, 0) is 12.8 Å². The molecule has 0 radical (unpaired) electrons. The minimum atomic E-state index is -2.62. The summed E-state index contributed by atoms with van der Waals surface area (Å²) in [6.07, 6.45) is 3.71. The third-order valence-corrected chi connectivity index (χ3v) is 6.53. The van der Waals surface area contributed by atoms with Crippen LogP contribution in [0.2, 0.25) is 6.04 Å². The van der Waals surface area contributed by atoms with Gasteiger partial charge in [-0.15, -0.1) is 0 Å². The first-order valence-corrected chi connectivity index (χ1v) is 10.4. The molecule has 2 amide bonds. The van der Waals surface area contributed by atoms with Crippen LogP contribution in [-0.4, -0.2) is 73.3 Å². The van der Waals surface area contributed by atoms with Crippen LogP contribution in [0.25, 0.3) is 0 Å². The Balaban J connectivity index is 4.39. The Morgan fingerprint density at radius 1 is 1.12 bits per heavy atom. The Kier molecular flexibility index (Phi) is 13.0. The highest BCUT2D eigenvalue weighted by Crippen LogP contribution is 2.15. The summed E-state index contributed by atoms with van der Waals surface area (Å²) in [6.45, 7) is 7.00. The van der Waals surface area contributed by atoms with Gasteiger partial charge in [0.2, 0.25) is 0 Å². The second-order valence-electron chi connectivity index (χ2n) is 5.34. The van der Waals surface area contributed by atoms with E-state index in [2.05, 4.69) is 18.8 Å². The Bertz CT molecular complexity index is 396. The van der Waals surface area contributed by atoms with Crippen molar-refractivity contribution in [3.63, 3.8) is 0 Å².